The number of aliphatic hydroxyl groups is 1. The Kier molecular flexibility index (Phi) is 6.39. The molecule has 0 aliphatic carbocycles. The molecule has 2 rings (SSSR count). The predicted molar refractivity (Wildman–Crippen MR) is 92.1 cm³/mol. The number of hydrogen-bond donors (Lipinski definition) is 3. The van der Waals surface area contributed by atoms with Crippen molar-refractivity contribution >= 4 is 12.0 Å². The Balaban J connectivity index is 1.76. The maximum absolute atomic E-state index is 11.8. The highest BCUT2D eigenvalue weighted by molar-refractivity contribution is 5.75. The molecule has 4 N–H and O–H groups in total. The van der Waals surface area contributed by atoms with E-state index >= 15 is 0 Å². The maximum Gasteiger partial charge on any atom is 0.220 e. The van der Waals surface area contributed by atoms with Gasteiger partial charge in [-0.3, -0.25) is 4.79 Å². The van der Waals surface area contributed by atoms with Crippen LogP contribution >= 0.6 is 0 Å². The number of nitrogens with one attached hydrogen (secondary N) is 1. The van der Waals surface area contributed by atoms with Crippen LogP contribution in [0.25, 0.3) is 6.08 Å². The van der Waals surface area contributed by atoms with Crippen molar-refractivity contribution in [2.75, 3.05) is 0 Å². The summed E-state index contributed by atoms with van der Waals surface area (Å²) in [5.41, 5.74) is 8.22. The first-order chi connectivity index (χ1) is 11.1. The molecule has 0 fully saturated rings. The summed E-state index contributed by atoms with van der Waals surface area (Å²) in [5.74, 6) is -0.0968. The minimum absolute atomic E-state index is 0.0968. The highest BCUT2D eigenvalue weighted by Crippen LogP contribution is 2.10. The summed E-state index contributed by atoms with van der Waals surface area (Å²) >= 11 is 0. The van der Waals surface area contributed by atoms with E-state index in [2.05, 4.69) is 5.32 Å². The van der Waals surface area contributed by atoms with Crippen molar-refractivity contribution in [2.24, 2.45) is 5.73 Å². The van der Waals surface area contributed by atoms with Crippen LogP contribution in [0.15, 0.2) is 66.4 Å². The van der Waals surface area contributed by atoms with Gasteiger partial charge in [0, 0.05) is 18.7 Å². The van der Waals surface area contributed by atoms with E-state index in [0.717, 1.165) is 11.1 Å². The third-order valence-corrected chi connectivity index (χ3v) is 3.50. The van der Waals surface area contributed by atoms with Gasteiger partial charge in [-0.1, -0.05) is 60.7 Å². The van der Waals surface area contributed by atoms with Crippen molar-refractivity contribution in [1.82, 2.24) is 5.32 Å². The molecule has 0 radical (unpaired) electrons. The molecule has 0 bridgehead atoms. The fourth-order valence-corrected chi connectivity index (χ4v) is 2.16. The van der Waals surface area contributed by atoms with Crippen LogP contribution in [0.1, 0.15) is 24.0 Å². The molecule has 0 aliphatic heterocycles. The molecule has 0 saturated heterocycles. The molecule has 2 aromatic carbocycles. The van der Waals surface area contributed by atoms with Crippen LogP contribution in [-0.4, -0.2) is 17.1 Å². The second-order valence-electron chi connectivity index (χ2n) is 5.37. The smallest absolute Gasteiger partial charge is 0.220 e. The summed E-state index contributed by atoms with van der Waals surface area (Å²) in [7, 11) is 0. The molecule has 0 heterocycles. The van der Waals surface area contributed by atoms with E-state index in [1.807, 2.05) is 60.7 Å². The quantitative estimate of drug-likeness (QED) is 0.735. The Morgan fingerprint density at radius 1 is 1.09 bits per heavy atom. The van der Waals surface area contributed by atoms with Crippen LogP contribution in [0.3, 0.4) is 0 Å². The molecule has 120 valence electrons. The monoisotopic (exact) mass is 310 g/mol. The third-order valence-electron chi connectivity index (χ3n) is 3.50. The van der Waals surface area contributed by atoms with Gasteiger partial charge in [0.2, 0.25) is 5.91 Å². The van der Waals surface area contributed by atoms with Crippen molar-refractivity contribution in [3.63, 3.8) is 0 Å². The fourth-order valence-electron chi connectivity index (χ4n) is 2.16. The van der Waals surface area contributed by atoms with Gasteiger partial charge in [0.05, 0.1) is 6.10 Å². The number of aliphatic hydroxyl groups excluding tert-OH is 1. The fraction of sp³-hybridized carbons (Fsp3) is 0.211. The Labute approximate surface area is 136 Å². The Hall–Kier alpha value is -2.59. The molecule has 0 aromatic heterocycles. The van der Waals surface area contributed by atoms with Gasteiger partial charge in [0.25, 0.3) is 0 Å². The Morgan fingerprint density at radius 3 is 2.35 bits per heavy atom. The van der Waals surface area contributed by atoms with E-state index in [0.29, 0.717) is 18.7 Å². The van der Waals surface area contributed by atoms with Crippen LogP contribution in [0.2, 0.25) is 0 Å². The molecular weight excluding hydrogens is 288 g/mol. The average molecular weight is 310 g/mol. The van der Waals surface area contributed by atoms with Crippen molar-refractivity contribution < 1.29 is 9.90 Å². The normalized spacial score (nSPS) is 12.7. The molecule has 0 saturated carbocycles. The highest BCUT2D eigenvalue weighted by Gasteiger charge is 2.10. The number of benzene rings is 2. The van der Waals surface area contributed by atoms with E-state index < -0.39 is 6.10 Å². The first-order valence-electron chi connectivity index (χ1n) is 7.66. The van der Waals surface area contributed by atoms with Gasteiger partial charge in [0.15, 0.2) is 0 Å². The zero-order valence-electron chi connectivity index (χ0n) is 13.0. The zero-order chi connectivity index (χ0) is 16.5. The van der Waals surface area contributed by atoms with Gasteiger partial charge < -0.3 is 16.2 Å². The van der Waals surface area contributed by atoms with Crippen LogP contribution < -0.4 is 11.1 Å². The number of rotatable bonds is 7. The average Bonchev–Trinajstić information content (AvgIpc) is 2.59. The van der Waals surface area contributed by atoms with E-state index in [1.54, 1.807) is 6.08 Å². The van der Waals surface area contributed by atoms with Crippen molar-refractivity contribution in [2.45, 2.75) is 25.5 Å². The second-order valence-corrected chi connectivity index (χ2v) is 5.37. The summed E-state index contributed by atoms with van der Waals surface area (Å²) in [5, 5.41) is 12.9. The molecule has 0 spiro atoms. The molecule has 4 nitrogen and oxygen atoms in total. The van der Waals surface area contributed by atoms with Crippen molar-refractivity contribution in [1.29, 1.82) is 0 Å². The van der Waals surface area contributed by atoms with E-state index in [4.69, 9.17) is 5.73 Å². The lowest BCUT2D eigenvalue weighted by Gasteiger charge is -2.11. The van der Waals surface area contributed by atoms with Gasteiger partial charge in [-0.25, -0.2) is 0 Å². The minimum Gasteiger partial charge on any atom is -0.400 e. The van der Waals surface area contributed by atoms with Gasteiger partial charge in [-0.05, 0) is 23.6 Å². The van der Waals surface area contributed by atoms with E-state index in [-0.39, 0.29) is 12.3 Å². The predicted octanol–water partition coefficient (Wildman–Crippen LogP) is 2.44. The van der Waals surface area contributed by atoms with Gasteiger partial charge in [-0.15, -0.1) is 0 Å². The second kappa shape index (κ2) is 8.76. The molecule has 1 atom stereocenters. The van der Waals surface area contributed by atoms with Crippen molar-refractivity contribution in [3.05, 3.63) is 77.5 Å². The molecular formula is C19H22N2O2. The lowest BCUT2D eigenvalue weighted by Crippen LogP contribution is -2.25. The summed E-state index contributed by atoms with van der Waals surface area (Å²) in [6.07, 6.45) is 1.44. The molecule has 1 amide bonds. The highest BCUT2D eigenvalue weighted by atomic mass is 16.3. The SMILES string of the molecule is N/C(=C\c1ccccc1)[C@@H](O)CCC(=O)NCc1ccccc1. The number of nitrogens with two attached hydrogens (primary N) is 1. The van der Waals surface area contributed by atoms with Gasteiger partial charge in [0.1, 0.15) is 0 Å². The minimum atomic E-state index is -0.822. The first kappa shape index (κ1) is 16.8. The van der Waals surface area contributed by atoms with Crippen LogP contribution in [-0.2, 0) is 11.3 Å². The van der Waals surface area contributed by atoms with Gasteiger partial charge in [-0.2, -0.15) is 0 Å². The molecule has 0 aliphatic rings. The third kappa shape index (κ3) is 5.96. The Bertz CT molecular complexity index is 639. The molecule has 4 heteroatoms. The van der Waals surface area contributed by atoms with Crippen molar-refractivity contribution in [3.8, 4) is 0 Å². The first-order valence-corrected chi connectivity index (χ1v) is 7.66. The lowest BCUT2D eigenvalue weighted by atomic mass is 10.1. The number of carbonyl (C=O) groups excluding carboxylic acids is 1. The molecule has 2 aromatic rings. The number of amides is 1. The van der Waals surface area contributed by atoms with Crippen LogP contribution in [0.5, 0.6) is 0 Å². The van der Waals surface area contributed by atoms with Crippen LogP contribution in [0, 0.1) is 0 Å². The molecule has 0 unspecified atom stereocenters. The number of carbonyl (C=O) groups is 1. The number of hydrogen-bond acceptors (Lipinski definition) is 3. The summed E-state index contributed by atoms with van der Waals surface area (Å²) in [6, 6.07) is 19.2. The summed E-state index contributed by atoms with van der Waals surface area (Å²) < 4.78 is 0. The maximum atomic E-state index is 11.8. The largest absolute Gasteiger partial charge is 0.400 e. The standard InChI is InChI=1S/C19H22N2O2/c20-17(13-15-7-3-1-4-8-15)18(22)11-12-19(23)21-14-16-9-5-2-6-10-16/h1-10,13,18,22H,11-12,14,20H2,(H,21,23)/b17-13-/t18-/m0/s1. The lowest BCUT2D eigenvalue weighted by molar-refractivity contribution is -0.121. The van der Waals surface area contributed by atoms with E-state index in [9.17, 15) is 9.90 Å². The summed E-state index contributed by atoms with van der Waals surface area (Å²) in [6.45, 7) is 0.491. The Morgan fingerprint density at radius 2 is 1.70 bits per heavy atom. The zero-order valence-corrected chi connectivity index (χ0v) is 13.0. The van der Waals surface area contributed by atoms with Gasteiger partial charge >= 0.3 is 0 Å². The van der Waals surface area contributed by atoms with E-state index in [1.165, 1.54) is 0 Å². The topological polar surface area (TPSA) is 75.3 Å². The molecule has 23 heavy (non-hydrogen) atoms. The van der Waals surface area contributed by atoms with Crippen LogP contribution in [0.4, 0.5) is 0 Å². The summed E-state index contributed by atoms with van der Waals surface area (Å²) in [4.78, 5) is 11.8.